The second kappa shape index (κ2) is 5.69. The molecule has 16 heavy (non-hydrogen) atoms. The highest BCUT2D eigenvalue weighted by Gasteiger charge is 2.09. The van der Waals surface area contributed by atoms with Gasteiger partial charge in [-0.05, 0) is 50.5 Å². The Morgan fingerprint density at radius 1 is 1.31 bits per heavy atom. The minimum absolute atomic E-state index is 0.0315. The summed E-state index contributed by atoms with van der Waals surface area (Å²) in [5.74, 6) is 0.0315. The molecule has 0 radical (unpaired) electrons. The summed E-state index contributed by atoms with van der Waals surface area (Å²) in [6.45, 7) is 8.25. The highest BCUT2D eigenvalue weighted by atomic mass is 16.1. The zero-order valence-corrected chi connectivity index (χ0v) is 10.6. The summed E-state index contributed by atoms with van der Waals surface area (Å²) in [6, 6.07) is 6.08. The van der Waals surface area contributed by atoms with Crippen LogP contribution in [0.1, 0.15) is 48.2 Å². The van der Waals surface area contributed by atoms with Gasteiger partial charge in [-0.2, -0.15) is 0 Å². The van der Waals surface area contributed by atoms with E-state index >= 15 is 0 Å². The van der Waals surface area contributed by atoms with E-state index in [-0.39, 0.29) is 11.9 Å². The monoisotopic (exact) mass is 219 g/mol. The van der Waals surface area contributed by atoms with Crippen molar-refractivity contribution in [2.24, 2.45) is 0 Å². The molecule has 0 fully saturated rings. The Bertz CT molecular complexity index is 371. The normalized spacial score (nSPS) is 12.2. The van der Waals surface area contributed by atoms with Crippen LogP contribution in [0.4, 0.5) is 0 Å². The van der Waals surface area contributed by atoms with Gasteiger partial charge in [-0.25, -0.2) is 0 Å². The Balaban J connectivity index is 2.69. The van der Waals surface area contributed by atoms with E-state index in [9.17, 15) is 4.79 Å². The summed E-state index contributed by atoms with van der Waals surface area (Å²) in [5, 5.41) is 3.00. The average Bonchev–Trinajstić information content (AvgIpc) is 2.22. The van der Waals surface area contributed by atoms with Crippen molar-refractivity contribution in [3.8, 4) is 0 Å². The van der Waals surface area contributed by atoms with E-state index in [2.05, 4.69) is 19.2 Å². The third kappa shape index (κ3) is 3.37. The molecule has 2 nitrogen and oxygen atoms in total. The van der Waals surface area contributed by atoms with Crippen molar-refractivity contribution >= 4 is 5.91 Å². The Kier molecular flexibility index (Phi) is 4.53. The van der Waals surface area contributed by atoms with Gasteiger partial charge in [-0.3, -0.25) is 4.79 Å². The van der Waals surface area contributed by atoms with Crippen LogP contribution >= 0.6 is 0 Å². The number of carbonyl (C=O) groups is 1. The van der Waals surface area contributed by atoms with Crippen LogP contribution in [0.2, 0.25) is 0 Å². The van der Waals surface area contributed by atoms with Crippen LogP contribution in [0.5, 0.6) is 0 Å². The van der Waals surface area contributed by atoms with Crippen LogP contribution < -0.4 is 5.32 Å². The lowest BCUT2D eigenvalue weighted by Gasteiger charge is -2.13. The minimum Gasteiger partial charge on any atom is -0.350 e. The number of nitrogens with one attached hydrogen (secondary N) is 1. The minimum atomic E-state index is 0.0315. The second-order valence-corrected chi connectivity index (χ2v) is 4.46. The predicted octanol–water partition coefficient (Wildman–Crippen LogP) is 3.22. The first kappa shape index (κ1) is 12.8. The molecule has 1 amide bonds. The molecule has 2 heteroatoms. The van der Waals surface area contributed by atoms with Crippen molar-refractivity contribution in [2.45, 2.75) is 46.6 Å². The van der Waals surface area contributed by atoms with Crippen LogP contribution in [0.15, 0.2) is 18.2 Å². The van der Waals surface area contributed by atoms with Crippen molar-refractivity contribution in [1.29, 1.82) is 0 Å². The molecule has 0 heterocycles. The molecular weight excluding hydrogens is 198 g/mol. The van der Waals surface area contributed by atoms with Gasteiger partial charge < -0.3 is 5.32 Å². The fourth-order valence-corrected chi connectivity index (χ4v) is 1.69. The molecule has 0 aromatic heterocycles. The summed E-state index contributed by atoms with van der Waals surface area (Å²) < 4.78 is 0. The van der Waals surface area contributed by atoms with Gasteiger partial charge in [-0.15, -0.1) is 0 Å². The molecule has 1 rings (SSSR count). The van der Waals surface area contributed by atoms with Crippen LogP contribution in [0.3, 0.4) is 0 Å². The first-order valence-electron chi connectivity index (χ1n) is 5.92. The second-order valence-electron chi connectivity index (χ2n) is 4.46. The van der Waals surface area contributed by atoms with Gasteiger partial charge in [0.25, 0.3) is 5.91 Å². The lowest BCUT2D eigenvalue weighted by molar-refractivity contribution is 0.0938. The number of hydrogen-bond donors (Lipinski definition) is 1. The smallest absolute Gasteiger partial charge is 0.251 e. The third-order valence-electron chi connectivity index (χ3n) is 2.87. The lowest BCUT2D eigenvalue weighted by atomic mass is 10.1. The molecular formula is C14H21NO. The third-order valence-corrected chi connectivity index (χ3v) is 2.87. The van der Waals surface area contributed by atoms with Gasteiger partial charge in [0, 0.05) is 11.6 Å². The Labute approximate surface area is 98.1 Å². The molecule has 0 unspecified atom stereocenters. The summed E-state index contributed by atoms with van der Waals surface area (Å²) >= 11 is 0. The van der Waals surface area contributed by atoms with Gasteiger partial charge in [0.15, 0.2) is 0 Å². The molecule has 0 spiro atoms. The fraction of sp³-hybridized carbons (Fsp3) is 0.500. The van der Waals surface area contributed by atoms with Crippen LogP contribution in [0.25, 0.3) is 0 Å². The highest BCUT2D eigenvalue weighted by molar-refractivity contribution is 5.94. The van der Waals surface area contributed by atoms with Crippen LogP contribution in [-0.2, 0) is 0 Å². The van der Waals surface area contributed by atoms with E-state index in [0.29, 0.717) is 0 Å². The molecule has 0 aliphatic rings. The zero-order valence-electron chi connectivity index (χ0n) is 10.6. The van der Waals surface area contributed by atoms with Crippen molar-refractivity contribution in [2.75, 3.05) is 0 Å². The number of benzene rings is 1. The van der Waals surface area contributed by atoms with E-state index in [4.69, 9.17) is 0 Å². The first-order valence-corrected chi connectivity index (χ1v) is 5.92. The number of carbonyl (C=O) groups excluding carboxylic acids is 1. The van der Waals surface area contributed by atoms with E-state index in [1.54, 1.807) is 0 Å². The maximum atomic E-state index is 11.9. The van der Waals surface area contributed by atoms with Crippen molar-refractivity contribution in [3.05, 3.63) is 34.9 Å². The summed E-state index contributed by atoms with van der Waals surface area (Å²) in [5.41, 5.74) is 3.14. The van der Waals surface area contributed by atoms with Crippen molar-refractivity contribution in [1.82, 2.24) is 5.32 Å². The van der Waals surface area contributed by atoms with Gasteiger partial charge in [0.1, 0.15) is 0 Å². The molecule has 0 aliphatic carbocycles. The molecule has 1 N–H and O–H groups in total. The maximum Gasteiger partial charge on any atom is 0.251 e. The van der Waals surface area contributed by atoms with E-state index in [0.717, 1.165) is 24.0 Å². The van der Waals surface area contributed by atoms with E-state index in [1.165, 1.54) is 5.56 Å². The lowest BCUT2D eigenvalue weighted by Crippen LogP contribution is -2.32. The van der Waals surface area contributed by atoms with Crippen molar-refractivity contribution in [3.63, 3.8) is 0 Å². The Morgan fingerprint density at radius 3 is 2.56 bits per heavy atom. The first-order chi connectivity index (χ1) is 7.54. The molecule has 0 bridgehead atoms. The van der Waals surface area contributed by atoms with Gasteiger partial charge in [-0.1, -0.05) is 19.4 Å². The quantitative estimate of drug-likeness (QED) is 0.827. The Morgan fingerprint density at radius 2 is 2.00 bits per heavy atom. The number of aryl methyl sites for hydroxylation is 2. The maximum absolute atomic E-state index is 11.9. The van der Waals surface area contributed by atoms with Gasteiger partial charge >= 0.3 is 0 Å². The SMILES string of the molecule is CCC[C@@H](C)NC(=O)c1ccc(C)c(C)c1. The molecule has 0 aliphatic heterocycles. The topological polar surface area (TPSA) is 29.1 Å². The number of amides is 1. The predicted molar refractivity (Wildman–Crippen MR) is 67.8 cm³/mol. The zero-order chi connectivity index (χ0) is 12.1. The molecule has 88 valence electrons. The molecule has 0 saturated heterocycles. The Hall–Kier alpha value is -1.31. The van der Waals surface area contributed by atoms with Gasteiger partial charge in [0.05, 0.1) is 0 Å². The van der Waals surface area contributed by atoms with Crippen LogP contribution in [0, 0.1) is 13.8 Å². The summed E-state index contributed by atoms with van der Waals surface area (Å²) in [4.78, 5) is 11.9. The summed E-state index contributed by atoms with van der Waals surface area (Å²) in [7, 11) is 0. The average molecular weight is 219 g/mol. The van der Waals surface area contributed by atoms with E-state index in [1.807, 2.05) is 32.0 Å². The van der Waals surface area contributed by atoms with E-state index < -0.39 is 0 Å². The largest absolute Gasteiger partial charge is 0.350 e. The van der Waals surface area contributed by atoms with Crippen molar-refractivity contribution < 1.29 is 4.79 Å². The van der Waals surface area contributed by atoms with Crippen LogP contribution in [-0.4, -0.2) is 11.9 Å². The highest BCUT2D eigenvalue weighted by Crippen LogP contribution is 2.10. The number of rotatable bonds is 4. The fourth-order valence-electron chi connectivity index (χ4n) is 1.69. The van der Waals surface area contributed by atoms with Gasteiger partial charge in [0.2, 0.25) is 0 Å². The summed E-state index contributed by atoms with van der Waals surface area (Å²) in [6.07, 6.45) is 2.12. The molecule has 0 saturated carbocycles. The number of hydrogen-bond acceptors (Lipinski definition) is 1. The molecule has 1 aromatic rings. The standard InChI is InChI=1S/C14H21NO/c1-5-6-12(4)15-14(16)13-8-7-10(2)11(3)9-13/h7-9,12H,5-6H2,1-4H3,(H,15,16)/t12-/m1/s1. The molecule has 1 aromatic carbocycles. The molecule has 1 atom stereocenters.